The molecule has 1 aromatic rings. The number of piperidine rings is 1. The lowest BCUT2D eigenvalue weighted by Crippen LogP contribution is -2.48. The highest BCUT2D eigenvalue weighted by Gasteiger charge is 2.32. The van der Waals surface area contributed by atoms with Crippen molar-refractivity contribution in [3.8, 4) is 0 Å². The molecular weight excluding hydrogens is 339 g/mol. The molecule has 4 nitrogen and oxygen atoms in total. The first-order valence-corrected chi connectivity index (χ1v) is 10.3. The number of carbonyl (C=O) groups is 1. The molecule has 2 aliphatic heterocycles. The van der Waals surface area contributed by atoms with E-state index in [1.54, 1.807) is 6.07 Å². The number of morpholine rings is 1. The Hall–Kier alpha value is -1.11. The van der Waals surface area contributed by atoms with Crippen molar-refractivity contribution in [3.05, 3.63) is 29.6 Å². The van der Waals surface area contributed by atoms with Crippen LogP contribution < -0.4 is 0 Å². The van der Waals surface area contributed by atoms with Gasteiger partial charge in [0.15, 0.2) is 0 Å². The number of carbonyl (C=O) groups excluding carboxylic acids is 1. The van der Waals surface area contributed by atoms with Crippen LogP contribution in [0.3, 0.4) is 0 Å². The van der Waals surface area contributed by atoms with Crippen LogP contribution in [0.4, 0.5) is 4.39 Å². The van der Waals surface area contributed by atoms with Gasteiger partial charge in [-0.05, 0) is 50.3 Å². The van der Waals surface area contributed by atoms with Gasteiger partial charge < -0.3 is 9.64 Å². The van der Waals surface area contributed by atoms with Gasteiger partial charge in [0.05, 0.1) is 19.1 Å². The van der Waals surface area contributed by atoms with Crippen molar-refractivity contribution in [3.63, 3.8) is 0 Å². The van der Waals surface area contributed by atoms with E-state index in [4.69, 9.17) is 4.74 Å². The second kappa shape index (κ2) is 8.52. The van der Waals surface area contributed by atoms with E-state index in [9.17, 15) is 9.18 Å². The maximum absolute atomic E-state index is 14.1. The maximum atomic E-state index is 14.1. The molecule has 0 aliphatic carbocycles. The van der Waals surface area contributed by atoms with E-state index >= 15 is 0 Å². The molecule has 0 bridgehead atoms. The van der Waals surface area contributed by atoms with Gasteiger partial charge in [0.2, 0.25) is 5.91 Å². The van der Waals surface area contributed by atoms with Crippen LogP contribution in [-0.2, 0) is 9.53 Å². The summed E-state index contributed by atoms with van der Waals surface area (Å²) >= 11 is 1.42. The molecule has 1 amide bonds. The standard InChI is InChI=1S/C19H27FN2O2S/c1-14(15-5-6-18(25-2)17(20)12-15)22-7-3-4-16(13-22)19(23)21-8-10-24-11-9-21/h5-6,12,14,16H,3-4,7-11,13H2,1-2H3. The third kappa shape index (κ3) is 4.36. The molecule has 2 heterocycles. The monoisotopic (exact) mass is 366 g/mol. The van der Waals surface area contributed by atoms with Gasteiger partial charge in [0.25, 0.3) is 0 Å². The van der Waals surface area contributed by atoms with Crippen molar-refractivity contribution in [1.29, 1.82) is 0 Å². The Morgan fingerprint density at radius 2 is 2.08 bits per heavy atom. The minimum absolute atomic E-state index is 0.0459. The molecule has 2 fully saturated rings. The van der Waals surface area contributed by atoms with Crippen molar-refractivity contribution in [1.82, 2.24) is 9.80 Å². The topological polar surface area (TPSA) is 32.8 Å². The largest absolute Gasteiger partial charge is 0.378 e. The fraction of sp³-hybridized carbons (Fsp3) is 0.632. The lowest BCUT2D eigenvalue weighted by atomic mass is 9.94. The van der Waals surface area contributed by atoms with Crippen LogP contribution in [0.2, 0.25) is 0 Å². The van der Waals surface area contributed by atoms with Crippen LogP contribution in [0.25, 0.3) is 0 Å². The van der Waals surface area contributed by atoms with E-state index in [-0.39, 0.29) is 23.7 Å². The summed E-state index contributed by atoms with van der Waals surface area (Å²) in [4.78, 5) is 17.7. The minimum Gasteiger partial charge on any atom is -0.378 e. The SMILES string of the molecule is CSc1ccc(C(C)N2CCCC(C(=O)N3CCOCC3)C2)cc1F. The molecule has 2 unspecified atom stereocenters. The lowest BCUT2D eigenvalue weighted by Gasteiger charge is -2.39. The quantitative estimate of drug-likeness (QED) is 0.767. The number of halogens is 1. The molecule has 0 radical (unpaired) electrons. The van der Waals surface area contributed by atoms with E-state index in [0.29, 0.717) is 31.2 Å². The zero-order valence-electron chi connectivity index (χ0n) is 15.0. The van der Waals surface area contributed by atoms with Crippen molar-refractivity contribution >= 4 is 17.7 Å². The number of likely N-dealkylation sites (tertiary alicyclic amines) is 1. The third-order valence-corrected chi connectivity index (χ3v) is 6.10. The van der Waals surface area contributed by atoms with Crippen molar-refractivity contribution in [2.45, 2.75) is 30.7 Å². The van der Waals surface area contributed by atoms with E-state index < -0.39 is 0 Å². The average molecular weight is 367 g/mol. The molecular formula is C19H27FN2O2S. The molecule has 0 N–H and O–H groups in total. The molecule has 3 rings (SSSR count). The molecule has 2 aliphatic rings. The molecule has 2 saturated heterocycles. The summed E-state index contributed by atoms with van der Waals surface area (Å²) in [6.45, 7) is 6.50. The summed E-state index contributed by atoms with van der Waals surface area (Å²) in [6.07, 6.45) is 3.84. The van der Waals surface area contributed by atoms with Gasteiger partial charge in [0, 0.05) is 30.6 Å². The van der Waals surface area contributed by atoms with E-state index in [2.05, 4.69) is 11.8 Å². The molecule has 1 aromatic carbocycles. The normalized spacial score (nSPS) is 23.5. The first kappa shape index (κ1) is 18.7. The van der Waals surface area contributed by atoms with Crippen molar-refractivity contribution < 1.29 is 13.9 Å². The number of rotatable bonds is 4. The van der Waals surface area contributed by atoms with Gasteiger partial charge in [-0.15, -0.1) is 11.8 Å². The zero-order valence-corrected chi connectivity index (χ0v) is 15.9. The molecule has 25 heavy (non-hydrogen) atoms. The van der Waals surface area contributed by atoms with Crippen molar-refractivity contribution in [2.75, 3.05) is 45.6 Å². The van der Waals surface area contributed by atoms with Gasteiger partial charge in [0.1, 0.15) is 5.82 Å². The Morgan fingerprint density at radius 3 is 2.76 bits per heavy atom. The first-order valence-electron chi connectivity index (χ1n) is 9.04. The van der Waals surface area contributed by atoms with Crippen LogP contribution >= 0.6 is 11.8 Å². The summed E-state index contributed by atoms with van der Waals surface area (Å²) in [7, 11) is 0. The Kier molecular flexibility index (Phi) is 6.36. The van der Waals surface area contributed by atoms with Crippen LogP contribution in [-0.4, -0.2) is 61.4 Å². The van der Waals surface area contributed by atoms with Crippen LogP contribution in [0.1, 0.15) is 31.4 Å². The van der Waals surface area contributed by atoms with E-state index in [1.807, 2.05) is 23.3 Å². The number of nitrogens with zero attached hydrogens (tertiary/aromatic N) is 2. The van der Waals surface area contributed by atoms with E-state index in [0.717, 1.165) is 31.5 Å². The summed E-state index contributed by atoms with van der Waals surface area (Å²) in [5.41, 5.74) is 0.981. The van der Waals surface area contributed by atoms with Gasteiger partial charge in [-0.2, -0.15) is 0 Å². The number of hydrogen-bond donors (Lipinski definition) is 0. The average Bonchev–Trinajstić information content (AvgIpc) is 2.67. The zero-order chi connectivity index (χ0) is 17.8. The first-order chi connectivity index (χ1) is 12.1. The highest BCUT2D eigenvalue weighted by Crippen LogP contribution is 2.30. The predicted octanol–water partition coefficient (Wildman–Crippen LogP) is 3.18. The van der Waals surface area contributed by atoms with Gasteiger partial charge in [-0.3, -0.25) is 9.69 Å². The number of thioether (sulfide) groups is 1. The van der Waals surface area contributed by atoms with Gasteiger partial charge in [-0.25, -0.2) is 4.39 Å². The Balaban J connectivity index is 1.65. The number of amides is 1. The summed E-state index contributed by atoms with van der Waals surface area (Å²) < 4.78 is 19.5. The smallest absolute Gasteiger partial charge is 0.227 e. The molecule has 138 valence electrons. The number of hydrogen-bond acceptors (Lipinski definition) is 4. The van der Waals surface area contributed by atoms with Crippen LogP contribution in [0.15, 0.2) is 23.1 Å². The summed E-state index contributed by atoms with van der Waals surface area (Å²) in [5.74, 6) is 0.142. The second-order valence-corrected chi connectivity index (χ2v) is 7.69. The molecule has 0 spiro atoms. The number of ether oxygens (including phenoxy) is 1. The van der Waals surface area contributed by atoms with E-state index in [1.165, 1.54) is 11.8 Å². The van der Waals surface area contributed by atoms with Gasteiger partial charge >= 0.3 is 0 Å². The summed E-state index contributed by atoms with van der Waals surface area (Å²) in [5, 5.41) is 0. The fourth-order valence-electron chi connectivity index (χ4n) is 3.76. The Bertz CT molecular complexity index is 607. The predicted molar refractivity (Wildman–Crippen MR) is 98.3 cm³/mol. The lowest BCUT2D eigenvalue weighted by molar-refractivity contribution is -0.141. The number of benzene rings is 1. The summed E-state index contributed by atoms with van der Waals surface area (Å²) in [6, 6.07) is 5.62. The molecule has 0 saturated carbocycles. The van der Waals surface area contributed by atoms with Crippen molar-refractivity contribution in [2.24, 2.45) is 5.92 Å². The fourth-order valence-corrected chi connectivity index (χ4v) is 4.21. The highest BCUT2D eigenvalue weighted by molar-refractivity contribution is 7.98. The molecule has 2 atom stereocenters. The van der Waals surface area contributed by atoms with Crippen LogP contribution in [0.5, 0.6) is 0 Å². The van der Waals surface area contributed by atoms with Gasteiger partial charge in [-0.1, -0.05) is 6.07 Å². The van der Waals surface area contributed by atoms with Crippen LogP contribution in [0, 0.1) is 11.7 Å². The molecule has 0 aromatic heterocycles. The second-order valence-electron chi connectivity index (χ2n) is 6.84. The minimum atomic E-state index is -0.158. The third-order valence-electron chi connectivity index (χ3n) is 5.33. The highest BCUT2D eigenvalue weighted by atomic mass is 32.2. The Labute approximate surface area is 153 Å². The Morgan fingerprint density at radius 1 is 1.32 bits per heavy atom. The molecule has 6 heteroatoms. The maximum Gasteiger partial charge on any atom is 0.227 e.